The van der Waals surface area contributed by atoms with Crippen LogP contribution in [0, 0.1) is 0 Å². The fourth-order valence-corrected chi connectivity index (χ4v) is 1.38. The van der Waals surface area contributed by atoms with Gasteiger partial charge in [-0.2, -0.15) is 0 Å². The fourth-order valence-electron chi connectivity index (χ4n) is 1.38. The molecular formula is C7H13NO7. The average molecular weight is 223 g/mol. The Balaban J connectivity index is 2.89. The summed E-state index contributed by atoms with van der Waals surface area (Å²) in [6.07, 6.45) is -6.50. The van der Waals surface area contributed by atoms with E-state index in [1.807, 2.05) is 0 Å². The number of carbonyl (C=O) groups is 1. The first kappa shape index (κ1) is 12.3. The third-order valence-electron chi connectivity index (χ3n) is 2.33. The molecule has 0 aliphatic carbocycles. The van der Waals surface area contributed by atoms with Crippen molar-refractivity contribution in [2.24, 2.45) is 5.73 Å². The summed E-state index contributed by atoms with van der Waals surface area (Å²) in [7, 11) is 0. The zero-order valence-corrected chi connectivity index (χ0v) is 7.65. The molecule has 8 heteroatoms. The van der Waals surface area contributed by atoms with E-state index in [9.17, 15) is 15.0 Å². The first-order valence-corrected chi connectivity index (χ1v) is 4.19. The monoisotopic (exact) mass is 223 g/mol. The third kappa shape index (κ3) is 1.83. The number of carboxylic acids is 1. The molecule has 1 aliphatic rings. The molecule has 88 valence electrons. The lowest BCUT2D eigenvalue weighted by Crippen LogP contribution is -2.57. The largest absolute Gasteiger partial charge is 0.478 e. The SMILES string of the molecule is N[C@@]1(C(=O)O)O[C@H]([C@@H](O)CO)[C@@H](O)[C@H]1O. The van der Waals surface area contributed by atoms with Crippen LogP contribution in [0.2, 0.25) is 0 Å². The summed E-state index contributed by atoms with van der Waals surface area (Å²) in [4.78, 5) is 10.7. The molecule has 0 spiro atoms. The minimum Gasteiger partial charge on any atom is -0.478 e. The smallest absolute Gasteiger partial charge is 0.354 e. The van der Waals surface area contributed by atoms with Crippen LogP contribution in [0.15, 0.2) is 0 Å². The minimum absolute atomic E-state index is 0.746. The second-order valence-corrected chi connectivity index (χ2v) is 3.37. The summed E-state index contributed by atoms with van der Waals surface area (Å²) in [6, 6.07) is 0. The van der Waals surface area contributed by atoms with E-state index in [2.05, 4.69) is 4.74 Å². The predicted octanol–water partition coefficient (Wildman–Crippen LogP) is -3.80. The lowest BCUT2D eigenvalue weighted by atomic mass is 10.0. The molecule has 1 heterocycles. The number of aliphatic hydroxyl groups excluding tert-OH is 4. The molecule has 15 heavy (non-hydrogen) atoms. The number of carboxylic acid groups (broad SMARTS) is 1. The summed E-state index contributed by atoms with van der Waals surface area (Å²) < 4.78 is 4.66. The van der Waals surface area contributed by atoms with Crippen molar-refractivity contribution in [2.45, 2.75) is 30.1 Å². The van der Waals surface area contributed by atoms with Crippen molar-refractivity contribution < 1.29 is 35.1 Å². The van der Waals surface area contributed by atoms with Gasteiger partial charge in [-0.05, 0) is 0 Å². The van der Waals surface area contributed by atoms with Crippen LogP contribution >= 0.6 is 0 Å². The maximum absolute atomic E-state index is 10.7. The van der Waals surface area contributed by atoms with E-state index in [0.29, 0.717) is 0 Å². The van der Waals surface area contributed by atoms with E-state index >= 15 is 0 Å². The number of ether oxygens (including phenoxy) is 1. The molecule has 0 aromatic rings. The van der Waals surface area contributed by atoms with Gasteiger partial charge in [-0.25, -0.2) is 4.79 Å². The van der Waals surface area contributed by atoms with E-state index in [4.69, 9.17) is 21.1 Å². The van der Waals surface area contributed by atoms with Gasteiger partial charge in [-0.3, -0.25) is 5.73 Å². The lowest BCUT2D eigenvalue weighted by molar-refractivity contribution is -0.177. The van der Waals surface area contributed by atoms with Crippen molar-refractivity contribution in [3.8, 4) is 0 Å². The van der Waals surface area contributed by atoms with Gasteiger partial charge in [-0.1, -0.05) is 0 Å². The molecule has 8 nitrogen and oxygen atoms in total. The maximum Gasteiger partial charge on any atom is 0.354 e. The lowest BCUT2D eigenvalue weighted by Gasteiger charge is -2.22. The van der Waals surface area contributed by atoms with Gasteiger partial charge in [-0.15, -0.1) is 0 Å². The van der Waals surface area contributed by atoms with Gasteiger partial charge in [0.25, 0.3) is 0 Å². The van der Waals surface area contributed by atoms with Crippen molar-refractivity contribution in [1.29, 1.82) is 0 Å². The Morgan fingerprint density at radius 1 is 1.53 bits per heavy atom. The first-order chi connectivity index (χ1) is 6.84. The van der Waals surface area contributed by atoms with Crippen LogP contribution in [-0.4, -0.2) is 68.2 Å². The molecule has 0 aromatic heterocycles. The number of hydrogen-bond acceptors (Lipinski definition) is 7. The Morgan fingerprint density at radius 2 is 2.07 bits per heavy atom. The molecule has 1 rings (SSSR count). The molecule has 0 aromatic carbocycles. The van der Waals surface area contributed by atoms with Gasteiger partial charge in [0, 0.05) is 0 Å². The highest BCUT2D eigenvalue weighted by Gasteiger charge is 2.58. The van der Waals surface area contributed by atoms with E-state index in [1.165, 1.54) is 0 Å². The molecule has 0 radical (unpaired) electrons. The topological polar surface area (TPSA) is 153 Å². The molecule has 0 bridgehead atoms. The Kier molecular flexibility index (Phi) is 3.28. The van der Waals surface area contributed by atoms with Crippen LogP contribution in [-0.2, 0) is 9.53 Å². The van der Waals surface area contributed by atoms with E-state index in [1.54, 1.807) is 0 Å². The summed E-state index contributed by atoms with van der Waals surface area (Å²) >= 11 is 0. The van der Waals surface area contributed by atoms with Crippen molar-refractivity contribution in [3.63, 3.8) is 0 Å². The van der Waals surface area contributed by atoms with Crippen molar-refractivity contribution in [2.75, 3.05) is 6.61 Å². The number of rotatable bonds is 3. The number of aliphatic carboxylic acids is 1. The molecule has 7 N–H and O–H groups in total. The number of nitrogens with two attached hydrogens (primary N) is 1. The molecular weight excluding hydrogens is 210 g/mol. The van der Waals surface area contributed by atoms with Gasteiger partial charge < -0.3 is 30.3 Å². The van der Waals surface area contributed by atoms with Crippen LogP contribution in [0.3, 0.4) is 0 Å². The second kappa shape index (κ2) is 4.00. The van der Waals surface area contributed by atoms with Crippen LogP contribution < -0.4 is 5.73 Å². The Hall–Kier alpha value is -0.770. The van der Waals surface area contributed by atoms with Crippen LogP contribution in [0.5, 0.6) is 0 Å². The van der Waals surface area contributed by atoms with Crippen LogP contribution in [0.25, 0.3) is 0 Å². The van der Waals surface area contributed by atoms with Crippen LogP contribution in [0.1, 0.15) is 0 Å². The van der Waals surface area contributed by atoms with Crippen molar-refractivity contribution in [1.82, 2.24) is 0 Å². The number of hydrogen-bond donors (Lipinski definition) is 6. The highest BCUT2D eigenvalue weighted by Crippen LogP contribution is 2.29. The van der Waals surface area contributed by atoms with Crippen LogP contribution in [0.4, 0.5) is 0 Å². The predicted molar refractivity (Wildman–Crippen MR) is 44.5 cm³/mol. The zero-order valence-electron chi connectivity index (χ0n) is 7.65. The van der Waals surface area contributed by atoms with Crippen molar-refractivity contribution in [3.05, 3.63) is 0 Å². The first-order valence-electron chi connectivity index (χ1n) is 4.19. The molecule has 0 unspecified atom stereocenters. The summed E-state index contributed by atoms with van der Waals surface area (Å²) in [5.74, 6) is -1.67. The molecule has 1 fully saturated rings. The Morgan fingerprint density at radius 3 is 2.40 bits per heavy atom. The average Bonchev–Trinajstić information content (AvgIpc) is 2.43. The van der Waals surface area contributed by atoms with E-state index in [-0.39, 0.29) is 0 Å². The molecule has 5 atom stereocenters. The molecule has 0 amide bonds. The zero-order chi connectivity index (χ0) is 11.8. The summed E-state index contributed by atoms with van der Waals surface area (Å²) in [5.41, 5.74) is 2.72. The quantitative estimate of drug-likeness (QED) is 0.285. The normalized spacial score (nSPS) is 42.9. The Labute approximate surface area is 84.5 Å². The highest BCUT2D eigenvalue weighted by molar-refractivity contribution is 5.78. The van der Waals surface area contributed by atoms with Gasteiger partial charge in [0.2, 0.25) is 5.72 Å². The minimum atomic E-state index is -2.47. The summed E-state index contributed by atoms with van der Waals surface area (Å²) in [6.45, 7) is -0.746. The molecule has 1 aliphatic heterocycles. The van der Waals surface area contributed by atoms with Gasteiger partial charge in [0.1, 0.15) is 24.4 Å². The third-order valence-corrected chi connectivity index (χ3v) is 2.33. The standard InChI is InChI=1S/C7H13NO7/c8-7(6(13)14)5(12)3(11)4(15-7)2(10)1-9/h2-5,9-12H,1,8H2,(H,13,14)/t2-,3+,4+,5+,7+/m0/s1. The highest BCUT2D eigenvalue weighted by atomic mass is 16.6. The Bertz CT molecular complexity index is 260. The molecule has 0 saturated carbocycles. The van der Waals surface area contributed by atoms with E-state index in [0.717, 1.165) is 0 Å². The van der Waals surface area contributed by atoms with Gasteiger partial charge in [0.05, 0.1) is 6.61 Å². The second-order valence-electron chi connectivity index (χ2n) is 3.37. The summed E-state index contributed by atoms with van der Waals surface area (Å²) in [5, 5.41) is 45.1. The van der Waals surface area contributed by atoms with Gasteiger partial charge >= 0.3 is 5.97 Å². The van der Waals surface area contributed by atoms with Crippen molar-refractivity contribution >= 4 is 5.97 Å². The van der Waals surface area contributed by atoms with Gasteiger partial charge in [0.15, 0.2) is 0 Å². The molecule has 1 saturated heterocycles. The van der Waals surface area contributed by atoms with E-state index < -0.39 is 42.7 Å². The maximum atomic E-state index is 10.7. The fraction of sp³-hybridized carbons (Fsp3) is 0.857. The number of aliphatic hydroxyl groups is 4.